The van der Waals surface area contributed by atoms with Crippen LogP contribution in [0.25, 0.3) is 22.1 Å². The Bertz CT molecular complexity index is 1320. The number of fused-ring (bicyclic) bond motifs is 2. The molecule has 0 radical (unpaired) electrons. The van der Waals surface area contributed by atoms with Gasteiger partial charge in [0, 0.05) is 25.4 Å². The summed E-state index contributed by atoms with van der Waals surface area (Å²) in [5.74, 6) is 1.61. The average molecular weight is 475 g/mol. The molecular weight excluding hydrogens is 440 g/mol. The summed E-state index contributed by atoms with van der Waals surface area (Å²) in [6, 6.07) is 15.6. The quantitative estimate of drug-likeness (QED) is 0.347. The molecule has 2 heterocycles. The van der Waals surface area contributed by atoms with Gasteiger partial charge in [-0.3, -0.25) is 9.59 Å². The van der Waals surface area contributed by atoms with Gasteiger partial charge in [0.1, 0.15) is 24.7 Å². The molecule has 2 aromatic carbocycles. The standard InChI is InChI=1S/C27H34N6O2/c1-4-11-19(29-27(35)18-33-23-15-10-8-13-21(23)31-25(33)6-3)16-28-26(34)17-32-22-14-9-7-12-20(22)30-24(32)5-2/h7-10,12-15,19H,4-6,11,16-18H2,1-3H3,(H,28,34)(H,29,35). The van der Waals surface area contributed by atoms with E-state index in [0.717, 1.165) is 59.4 Å². The topological polar surface area (TPSA) is 93.8 Å². The third-order valence-electron chi connectivity index (χ3n) is 6.25. The summed E-state index contributed by atoms with van der Waals surface area (Å²) in [4.78, 5) is 35.1. The van der Waals surface area contributed by atoms with Crippen molar-refractivity contribution in [2.24, 2.45) is 0 Å². The van der Waals surface area contributed by atoms with Crippen LogP contribution in [-0.2, 0) is 35.5 Å². The van der Waals surface area contributed by atoms with E-state index in [1.165, 1.54) is 0 Å². The van der Waals surface area contributed by atoms with Crippen molar-refractivity contribution in [1.29, 1.82) is 0 Å². The van der Waals surface area contributed by atoms with Gasteiger partial charge in [0.15, 0.2) is 0 Å². The predicted octanol–water partition coefficient (Wildman–Crippen LogP) is 3.61. The normalized spacial score (nSPS) is 12.2. The number of aromatic nitrogens is 4. The number of amides is 2. The lowest BCUT2D eigenvalue weighted by Gasteiger charge is -2.20. The smallest absolute Gasteiger partial charge is 0.240 e. The molecule has 0 aliphatic rings. The van der Waals surface area contributed by atoms with Crippen LogP contribution < -0.4 is 10.6 Å². The molecule has 0 bridgehead atoms. The minimum Gasteiger partial charge on any atom is -0.352 e. The minimum absolute atomic E-state index is 0.0792. The van der Waals surface area contributed by atoms with Crippen LogP contribution in [0.4, 0.5) is 0 Å². The van der Waals surface area contributed by atoms with Gasteiger partial charge in [-0.25, -0.2) is 9.97 Å². The summed E-state index contributed by atoms with van der Waals surface area (Å²) in [5, 5.41) is 6.13. The molecule has 2 amide bonds. The van der Waals surface area contributed by atoms with Crippen molar-refractivity contribution in [3.05, 3.63) is 60.2 Å². The molecule has 0 fully saturated rings. The third kappa shape index (κ3) is 5.53. The second-order valence-electron chi connectivity index (χ2n) is 8.77. The van der Waals surface area contributed by atoms with Crippen LogP contribution >= 0.6 is 0 Å². The van der Waals surface area contributed by atoms with Crippen molar-refractivity contribution in [2.75, 3.05) is 6.54 Å². The number of rotatable bonds is 11. The first-order valence-corrected chi connectivity index (χ1v) is 12.5. The lowest BCUT2D eigenvalue weighted by Crippen LogP contribution is -2.45. The van der Waals surface area contributed by atoms with Gasteiger partial charge in [-0.1, -0.05) is 51.5 Å². The van der Waals surface area contributed by atoms with Gasteiger partial charge in [0.05, 0.1) is 22.1 Å². The van der Waals surface area contributed by atoms with Gasteiger partial charge in [-0.05, 0) is 30.7 Å². The van der Waals surface area contributed by atoms with E-state index in [9.17, 15) is 9.59 Å². The highest BCUT2D eigenvalue weighted by atomic mass is 16.2. The van der Waals surface area contributed by atoms with Gasteiger partial charge in [-0.15, -0.1) is 0 Å². The molecule has 0 spiro atoms. The van der Waals surface area contributed by atoms with E-state index in [1.54, 1.807) is 0 Å². The molecule has 4 rings (SSSR count). The van der Waals surface area contributed by atoms with Crippen LogP contribution in [0.5, 0.6) is 0 Å². The average Bonchev–Trinajstić information content (AvgIpc) is 3.40. The number of hydrogen-bond acceptors (Lipinski definition) is 4. The van der Waals surface area contributed by atoms with Crippen LogP contribution in [0.3, 0.4) is 0 Å². The monoisotopic (exact) mass is 474 g/mol. The Morgan fingerprint density at radius 3 is 1.83 bits per heavy atom. The third-order valence-corrected chi connectivity index (χ3v) is 6.25. The zero-order valence-corrected chi connectivity index (χ0v) is 20.8. The second-order valence-corrected chi connectivity index (χ2v) is 8.77. The Labute approximate surface area is 205 Å². The highest BCUT2D eigenvalue weighted by molar-refractivity contribution is 5.82. The predicted molar refractivity (Wildman–Crippen MR) is 138 cm³/mol. The molecule has 8 nitrogen and oxygen atoms in total. The fourth-order valence-electron chi connectivity index (χ4n) is 4.57. The molecule has 0 aliphatic heterocycles. The lowest BCUT2D eigenvalue weighted by atomic mass is 10.1. The first-order chi connectivity index (χ1) is 17.0. The molecule has 35 heavy (non-hydrogen) atoms. The number of para-hydroxylation sites is 4. The molecule has 4 aromatic rings. The first-order valence-electron chi connectivity index (χ1n) is 12.5. The largest absolute Gasteiger partial charge is 0.352 e. The van der Waals surface area contributed by atoms with Crippen LogP contribution in [-0.4, -0.2) is 43.5 Å². The summed E-state index contributed by atoms with van der Waals surface area (Å²) in [6.45, 7) is 6.95. The Kier molecular flexibility index (Phi) is 7.80. The Morgan fingerprint density at radius 1 is 0.800 bits per heavy atom. The zero-order chi connectivity index (χ0) is 24.8. The molecular formula is C27H34N6O2. The number of hydrogen-bond donors (Lipinski definition) is 2. The van der Waals surface area contributed by atoms with Crippen molar-refractivity contribution in [2.45, 2.75) is 65.6 Å². The van der Waals surface area contributed by atoms with Gasteiger partial charge >= 0.3 is 0 Å². The van der Waals surface area contributed by atoms with Crippen molar-refractivity contribution < 1.29 is 9.59 Å². The minimum atomic E-state index is -0.138. The van der Waals surface area contributed by atoms with E-state index in [-0.39, 0.29) is 30.9 Å². The molecule has 8 heteroatoms. The summed E-state index contributed by atoms with van der Waals surface area (Å²) < 4.78 is 3.94. The molecule has 0 aliphatic carbocycles. The van der Waals surface area contributed by atoms with Gasteiger partial charge < -0.3 is 19.8 Å². The highest BCUT2D eigenvalue weighted by Gasteiger charge is 2.17. The molecule has 1 unspecified atom stereocenters. The maximum Gasteiger partial charge on any atom is 0.240 e. The van der Waals surface area contributed by atoms with E-state index in [4.69, 9.17) is 0 Å². The molecule has 0 saturated carbocycles. The number of nitrogens with zero attached hydrogens (tertiary/aromatic N) is 4. The van der Waals surface area contributed by atoms with E-state index >= 15 is 0 Å². The number of imidazole rings is 2. The first kappa shape index (κ1) is 24.4. The van der Waals surface area contributed by atoms with E-state index in [2.05, 4.69) is 27.5 Å². The van der Waals surface area contributed by atoms with Crippen molar-refractivity contribution >= 4 is 33.9 Å². The number of carbonyl (C=O) groups is 2. The van der Waals surface area contributed by atoms with Crippen LogP contribution in [0, 0.1) is 0 Å². The number of carbonyl (C=O) groups excluding carboxylic acids is 2. The van der Waals surface area contributed by atoms with Crippen LogP contribution in [0.1, 0.15) is 45.3 Å². The molecule has 2 aromatic heterocycles. The highest BCUT2D eigenvalue weighted by Crippen LogP contribution is 2.17. The van der Waals surface area contributed by atoms with Gasteiger partial charge in [0.25, 0.3) is 0 Å². The van der Waals surface area contributed by atoms with E-state index in [0.29, 0.717) is 6.54 Å². The summed E-state index contributed by atoms with van der Waals surface area (Å²) in [6.07, 6.45) is 3.19. The fourth-order valence-corrected chi connectivity index (χ4v) is 4.57. The second kappa shape index (κ2) is 11.2. The van der Waals surface area contributed by atoms with Crippen molar-refractivity contribution in [1.82, 2.24) is 29.7 Å². The van der Waals surface area contributed by atoms with Gasteiger partial charge in [0.2, 0.25) is 11.8 Å². The van der Waals surface area contributed by atoms with Crippen molar-refractivity contribution in [3.63, 3.8) is 0 Å². The molecule has 184 valence electrons. The van der Waals surface area contributed by atoms with E-state index in [1.807, 2.05) is 71.5 Å². The fraction of sp³-hybridized carbons (Fsp3) is 0.407. The van der Waals surface area contributed by atoms with Crippen LogP contribution in [0.2, 0.25) is 0 Å². The molecule has 0 saturated heterocycles. The SMILES string of the molecule is CCCC(CNC(=O)Cn1c(CC)nc2ccccc21)NC(=O)Cn1c(CC)nc2ccccc21. The number of aryl methyl sites for hydroxylation is 2. The maximum absolute atomic E-state index is 13.0. The molecule has 2 N–H and O–H groups in total. The summed E-state index contributed by atoms with van der Waals surface area (Å²) in [7, 11) is 0. The summed E-state index contributed by atoms with van der Waals surface area (Å²) >= 11 is 0. The Hall–Kier alpha value is -3.68. The molecule has 1 atom stereocenters. The zero-order valence-electron chi connectivity index (χ0n) is 20.8. The summed E-state index contributed by atoms with van der Waals surface area (Å²) in [5.41, 5.74) is 3.70. The van der Waals surface area contributed by atoms with Crippen LogP contribution in [0.15, 0.2) is 48.5 Å². The van der Waals surface area contributed by atoms with Crippen molar-refractivity contribution in [3.8, 4) is 0 Å². The lowest BCUT2D eigenvalue weighted by molar-refractivity contribution is -0.124. The van der Waals surface area contributed by atoms with E-state index < -0.39 is 0 Å². The maximum atomic E-state index is 13.0. The number of nitrogens with one attached hydrogen (secondary N) is 2. The Balaban J connectivity index is 1.38. The van der Waals surface area contributed by atoms with Gasteiger partial charge in [-0.2, -0.15) is 0 Å². The number of benzene rings is 2. The Morgan fingerprint density at radius 2 is 1.31 bits per heavy atom.